The standard InChI is InChI=1S/C29H23BrClN3O3/c1-17-28(29(18-6-3-2-4-7-18)22-15-21(31)10-11-23(22)32-17)24-16-25(19-8-5-9-20(30)14-19)34(33-24)26(35)12-13-27(36)37/h2-11,14-15,25H,12-13,16H2,1H3,(H,36,37)/t25-/m1/s1. The van der Waals surface area contributed by atoms with Crippen molar-refractivity contribution < 1.29 is 14.7 Å². The minimum atomic E-state index is -1.02. The van der Waals surface area contributed by atoms with Crippen LogP contribution in [0, 0.1) is 6.92 Å². The van der Waals surface area contributed by atoms with E-state index < -0.39 is 5.97 Å². The number of rotatable bonds is 6. The van der Waals surface area contributed by atoms with E-state index in [0.717, 1.165) is 49.0 Å². The number of hydrogen-bond donors (Lipinski definition) is 1. The fourth-order valence-corrected chi connectivity index (χ4v) is 5.40. The van der Waals surface area contributed by atoms with Gasteiger partial charge in [0.25, 0.3) is 0 Å². The second kappa shape index (κ2) is 10.4. The summed E-state index contributed by atoms with van der Waals surface area (Å²) in [5.74, 6) is -1.35. The molecule has 0 saturated heterocycles. The minimum Gasteiger partial charge on any atom is -0.481 e. The maximum Gasteiger partial charge on any atom is 0.303 e. The second-order valence-electron chi connectivity index (χ2n) is 8.93. The number of carbonyl (C=O) groups is 2. The Morgan fingerprint density at radius 3 is 2.54 bits per heavy atom. The number of aromatic nitrogens is 1. The van der Waals surface area contributed by atoms with Crippen molar-refractivity contribution in [3.05, 3.63) is 99.1 Å². The van der Waals surface area contributed by atoms with Crippen molar-refractivity contribution in [2.24, 2.45) is 5.10 Å². The molecule has 6 nitrogen and oxygen atoms in total. The molecule has 1 aliphatic rings. The zero-order chi connectivity index (χ0) is 26.1. The van der Waals surface area contributed by atoms with Gasteiger partial charge in [0.1, 0.15) is 0 Å². The van der Waals surface area contributed by atoms with Crippen LogP contribution in [-0.2, 0) is 9.59 Å². The number of fused-ring (bicyclic) bond motifs is 1. The fraction of sp³-hybridized carbons (Fsp3) is 0.172. The monoisotopic (exact) mass is 575 g/mol. The van der Waals surface area contributed by atoms with Crippen LogP contribution in [0.2, 0.25) is 5.02 Å². The number of benzene rings is 3. The molecule has 0 bridgehead atoms. The smallest absolute Gasteiger partial charge is 0.303 e. The highest BCUT2D eigenvalue weighted by atomic mass is 79.9. The number of aliphatic carboxylic acids is 1. The molecule has 0 radical (unpaired) electrons. The van der Waals surface area contributed by atoms with E-state index in [-0.39, 0.29) is 24.8 Å². The van der Waals surface area contributed by atoms with Gasteiger partial charge in [-0.1, -0.05) is 70.0 Å². The van der Waals surface area contributed by atoms with Crippen LogP contribution in [0.25, 0.3) is 22.0 Å². The number of carboxylic acid groups (broad SMARTS) is 1. The van der Waals surface area contributed by atoms with Crippen molar-refractivity contribution in [1.29, 1.82) is 0 Å². The summed E-state index contributed by atoms with van der Waals surface area (Å²) >= 11 is 9.93. The van der Waals surface area contributed by atoms with E-state index in [0.29, 0.717) is 11.4 Å². The van der Waals surface area contributed by atoms with Crippen LogP contribution in [0.3, 0.4) is 0 Å². The van der Waals surface area contributed by atoms with Gasteiger partial charge in [-0.15, -0.1) is 0 Å². The van der Waals surface area contributed by atoms with E-state index in [2.05, 4.69) is 15.9 Å². The van der Waals surface area contributed by atoms with Crippen LogP contribution in [0.4, 0.5) is 0 Å². The highest BCUT2D eigenvalue weighted by Crippen LogP contribution is 2.40. The number of nitrogens with zero attached hydrogens (tertiary/aromatic N) is 3. The Morgan fingerprint density at radius 1 is 1.03 bits per heavy atom. The Morgan fingerprint density at radius 2 is 1.81 bits per heavy atom. The SMILES string of the molecule is Cc1nc2ccc(Cl)cc2c(-c2ccccc2)c1C1=NN(C(=O)CCC(=O)O)[C@@H](c2cccc(Br)c2)C1. The first-order chi connectivity index (χ1) is 17.8. The van der Waals surface area contributed by atoms with Crippen molar-refractivity contribution in [1.82, 2.24) is 9.99 Å². The maximum atomic E-state index is 13.2. The Bertz CT molecular complexity index is 1560. The summed E-state index contributed by atoms with van der Waals surface area (Å²) in [7, 11) is 0. The highest BCUT2D eigenvalue weighted by molar-refractivity contribution is 9.10. The summed E-state index contributed by atoms with van der Waals surface area (Å²) in [4.78, 5) is 29.2. The van der Waals surface area contributed by atoms with Gasteiger partial charge in [0.2, 0.25) is 5.91 Å². The Labute approximate surface area is 227 Å². The highest BCUT2D eigenvalue weighted by Gasteiger charge is 2.35. The van der Waals surface area contributed by atoms with Gasteiger partial charge in [-0.2, -0.15) is 5.10 Å². The van der Waals surface area contributed by atoms with Crippen molar-refractivity contribution in [2.75, 3.05) is 0 Å². The molecule has 2 heterocycles. The van der Waals surface area contributed by atoms with Crippen LogP contribution in [0.5, 0.6) is 0 Å². The predicted octanol–water partition coefficient (Wildman–Crippen LogP) is 7.17. The molecular weight excluding hydrogens is 554 g/mol. The molecule has 186 valence electrons. The Hall–Kier alpha value is -3.55. The van der Waals surface area contributed by atoms with Crippen LogP contribution in [0.15, 0.2) is 82.4 Å². The molecule has 1 aromatic heterocycles. The predicted molar refractivity (Wildman–Crippen MR) is 149 cm³/mol. The lowest BCUT2D eigenvalue weighted by atomic mass is 9.89. The van der Waals surface area contributed by atoms with E-state index in [1.807, 2.05) is 79.7 Å². The van der Waals surface area contributed by atoms with Gasteiger partial charge in [0.15, 0.2) is 0 Å². The molecule has 1 amide bonds. The summed E-state index contributed by atoms with van der Waals surface area (Å²) in [6, 6.07) is 23.0. The average molecular weight is 577 g/mol. The summed E-state index contributed by atoms with van der Waals surface area (Å²) in [6.07, 6.45) is 0.0755. The molecule has 0 fully saturated rings. The van der Waals surface area contributed by atoms with E-state index in [1.54, 1.807) is 0 Å². The Kier molecular flexibility index (Phi) is 7.09. The van der Waals surface area contributed by atoms with Crippen LogP contribution < -0.4 is 0 Å². The van der Waals surface area contributed by atoms with Gasteiger partial charge in [-0.25, -0.2) is 5.01 Å². The van der Waals surface area contributed by atoms with Gasteiger partial charge in [-0.05, 0) is 48.4 Å². The molecule has 8 heteroatoms. The summed E-state index contributed by atoms with van der Waals surface area (Å²) in [5.41, 5.74) is 6.05. The minimum absolute atomic E-state index is 0.132. The molecule has 5 rings (SSSR count). The molecule has 1 aliphatic heterocycles. The van der Waals surface area contributed by atoms with Crippen LogP contribution in [0.1, 0.15) is 42.1 Å². The zero-order valence-corrected chi connectivity index (χ0v) is 22.3. The van der Waals surface area contributed by atoms with Crippen molar-refractivity contribution in [3.63, 3.8) is 0 Å². The average Bonchev–Trinajstić information content (AvgIpc) is 3.32. The first-order valence-electron chi connectivity index (χ1n) is 11.8. The number of carboxylic acids is 1. The third-order valence-electron chi connectivity index (χ3n) is 6.43. The topological polar surface area (TPSA) is 82.9 Å². The number of hydrazone groups is 1. The molecule has 0 unspecified atom stereocenters. The lowest BCUT2D eigenvalue weighted by Gasteiger charge is -2.22. The third-order valence-corrected chi connectivity index (χ3v) is 7.16. The lowest BCUT2D eigenvalue weighted by Crippen LogP contribution is -2.27. The summed E-state index contributed by atoms with van der Waals surface area (Å²) in [5, 5.41) is 16.9. The lowest BCUT2D eigenvalue weighted by molar-refractivity contribution is -0.141. The molecular formula is C29H23BrClN3O3. The van der Waals surface area contributed by atoms with E-state index in [4.69, 9.17) is 26.8 Å². The second-order valence-corrected chi connectivity index (χ2v) is 10.3. The molecule has 0 spiro atoms. The van der Waals surface area contributed by atoms with Crippen LogP contribution in [-0.4, -0.2) is 32.7 Å². The molecule has 0 saturated carbocycles. The van der Waals surface area contributed by atoms with Crippen molar-refractivity contribution in [3.8, 4) is 11.1 Å². The number of pyridine rings is 1. The first-order valence-corrected chi connectivity index (χ1v) is 13.0. The fourth-order valence-electron chi connectivity index (χ4n) is 4.81. The van der Waals surface area contributed by atoms with Crippen LogP contribution >= 0.6 is 27.5 Å². The number of amides is 1. The Balaban J connectivity index is 1.69. The number of carbonyl (C=O) groups excluding carboxylic acids is 1. The number of aryl methyl sites for hydroxylation is 1. The molecule has 4 aromatic rings. The third kappa shape index (κ3) is 5.15. The van der Waals surface area contributed by atoms with E-state index in [9.17, 15) is 9.59 Å². The van der Waals surface area contributed by atoms with Gasteiger partial charge >= 0.3 is 5.97 Å². The number of hydrogen-bond acceptors (Lipinski definition) is 4. The largest absolute Gasteiger partial charge is 0.481 e. The van der Waals surface area contributed by atoms with Gasteiger partial charge in [0, 0.05) is 44.5 Å². The summed E-state index contributed by atoms with van der Waals surface area (Å²) in [6.45, 7) is 1.95. The molecule has 37 heavy (non-hydrogen) atoms. The molecule has 1 N–H and O–H groups in total. The molecule has 3 aromatic carbocycles. The maximum absolute atomic E-state index is 13.2. The van der Waals surface area contributed by atoms with Gasteiger partial charge in [-0.3, -0.25) is 14.6 Å². The normalized spacial score (nSPS) is 15.2. The number of halogens is 2. The quantitative estimate of drug-likeness (QED) is 0.264. The molecule has 1 atom stereocenters. The van der Waals surface area contributed by atoms with E-state index in [1.165, 1.54) is 5.01 Å². The first kappa shape index (κ1) is 25.1. The van der Waals surface area contributed by atoms with Crippen molar-refractivity contribution >= 4 is 56.0 Å². The summed E-state index contributed by atoms with van der Waals surface area (Å²) < 4.78 is 0.888. The van der Waals surface area contributed by atoms with Crippen molar-refractivity contribution in [2.45, 2.75) is 32.2 Å². The van der Waals surface area contributed by atoms with Gasteiger partial charge in [0.05, 0.1) is 23.7 Å². The zero-order valence-electron chi connectivity index (χ0n) is 20.0. The van der Waals surface area contributed by atoms with E-state index >= 15 is 0 Å². The molecule has 0 aliphatic carbocycles. The van der Waals surface area contributed by atoms with Gasteiger partial charge < -0.3 is 5.11 Å².